The number of halogens is 1. The number of rotatable bonds is 2. The van der Waals surface area contributed by atoms with E-state index >= 15 is 0 Å². The van der Waals surface area contributed by atoms with E-state index in [1.54, 1.807) is 6.20 Å². The fourth-order valence-electron chi connectivity index (χ4n) is 1.00. The van der Waals surface area contributed by atoms with E-state index in [1.807, 2.05) is 31.1 Å². The minimum atomic E-state index is 0.839. The van der Waals surface area contributed by atoms with Crippen molar-refractivity contribution in [1.29, 1.82) is 0 Å². The van der Waals surface area contributed by atoms with Crippen LogP contribution < -0.4 is 4.90 Å². The molecule has 0 saturated carbocycles. The van der Waals surface area contributed by atoms with Gasteiger partial charge in [-0.3, -0.25) is 4.98 Å². The Labute approximate surface area is 100 Å². The van der Waals surface area contributed by atoms with E-state index in [-0.39, 0.29) is 0 Å². The Morgan fingerprint density at radius 1 is 1.27 bits per heavy atom. The van der Waals surface area contributed by atoms with Crippen LogP contribution in [0.3, 0.4) is 0 Å². The largest absolute Gasteiger partial charge is 0.353 e. The average Bonchev–Trinajstić information content (AvgIpc) is 2.68. The second kappa shape index (κ2) is 4.24. The summed E-state index contributed by atoms with van der Waals surface area (Å²) < 4.78 is 0.962. The van der Waals surface area contributed by atoms with Gasteiger partial charge in [-0.1, -0.05) is 11.3 Å². The molecule has 2 aromatic rings. The van der Waals surface area contributed by atoms with Gasteiger partial charge in [-0.2, -0.15) is 0 Å². The molecule has 2 aromatic heterocycles. The number of hydrogen-bond donors (Lipinski definition) is 0. The molecule has 0 fully saturated rings. The third kappa shape index (κ3) is 2.32. The van der Waals surface area contributed by atoms with Crippen molar-refractivity contribution in [2.45, 2.75) is 0 Å². The van der Waals surface area contributed by atoms with Gasteiger partial charge >= 0.3 is 0 Å². The SMILES string of the molecule is CN(C)c1nnc(-c2ccc(Br)cn2)s1. The summed E-state index contributed by atoms with van der Waals surface area (Å²) in [6.45, 7) is 0. The second-order valence-corrected chi connectivity index (χ2v) is 5.02. The van der Waals surface area contributed by atoms with Crippen LogP contribution in [0.1, 0.15) is 0 Å². The molecule has 0 N–H and O–H groups in total. The standard InChI is InChI=1S/C9H9BrN4S/c1-14(2)9-13-12-8(15-9)7-4-3-6(10)5-11-7/h3-5H,1-2H3. The number of pyridine rings is 1. The van der Waals surface area contributed by atoms with Crippen LogP contribution in [0, 0.1) is 0 Å². The van der Waals surface area contributed by atoms with Crippen LogP contribution in [0.15, 0.2) is 22.8 Å². The van der Waals surface area contributed by atoms with E-state index in [4.69, 9.17) is 0 Å². The first-order valence-corrected chi connectivity index (χ1v) is 5.90. The summed E-state index contributed by atoms with van der Waals surface area (Å²) in [4.78, 5) is 6.19. The van der Waals surface area contributed by atoms with Crippen LogP contribution in [-0.4, -0.2) is 29.3 Å². The molecular formula is C9H9BrN4S. The van der Waals surface area contributed by atoms with Crippen molar-refractivity contribution in [1.82, 2.24) is 15.2 Å². The van der Waals surface area contributed by atoms with Gasteiger partial charge in [-0.05, 0) is 28.1 Å². The van der Waals surface area contributed by atoms with Crippen LogP contribution in [0.4, 0.5) is 5.13 Å². The minimum absolute atomic E-state index is 0.839. The van der Waals surface area contributed by atoms with Crippen molar-refractivity contribution in [2.75, 3.05) is 19.0 Å². The third-order valence-corrected chi connectivity index (χ3v) is 3.33. The quantitative estimate of drug-likeness (QED) is 0.850. The van der Waals surface area contributed by atoms with Gasteiger partial charge in [-0.25, -0.2) is 0 Å². The van der Waals surface area contributed by atoms with Gasteiger partial charge in [0, 0.05) is 24.8 Å². The molecule has 0 atom stereocenters. The molecule has 0 bridgehead atoms. The van der Waals surface area contributed by atoms with Gasteiger partial charge in [0.15, 0.2) is 5.01 Å². The summed E-state index contributed by atoms with van der Waals surface area (Å²) in [5.41, 5.74) is 0.851. The predicted octanol–water partition coefficient (Wildman–Crippen LogP) is 2.43. The lowest BCUT2D eigenvalue weighted by Gasteiger charge is -2.03. The van der Waals surface area contributed by atoms with Gasteiger partial charge in [0.05, 0.1) is 0 Å². The van der Waals surface area contributed by atoms with Gasteiger partial charge in [-0.15, -0.1) is 10.2 Å². The summed E-state index contributed by atoms with van der Waals surface area (Å²) in [5, 5.41) is 9.87. The Hall–Kier alpha value is -1.01. The summed E-state index contributed by atoms with van der Waals surface area (Å²) in [6.07, 6.45) is 1.76. The minimum Gasteiger partial charge on any atom is -0.353 e. The van der Waals surface area contributed by atoms with E-state index in [9.17, 15) is 0 Å². The second-order valence-electron chi connectivity index (χ2n) is 3.15. The Morgan fingerprint density at radius 3 is 2.60 bits per heavy atom. The summed E-state index contributed by atoms with van der Waals surface area (Å²) in [7, 11) is 3.89. The maximum Gasteiger partial charge on any atom is 0.208 e. The van der Waals surface area contributed by atoms with Crippen LogP contribution >= 0.6 is 27.3 Å². The Kier molecular flexibility index (Phi) is 2.97. The molecule has 0 saturated heterocycles. The van der Waals surface area contributed by atoms with Crippen molar-refractivity contribution < 1.29 is 0 Å². The van der Waals surface area contributed by atoms with E-state index in [1.165, 1.54) is 11.3 Å². The molecule has 2 rings (SSSR count). The molecule has 2 heterocycles. The first-order valence-electron chi connectivity index (χ1n) is 4.29. The lowest BCUT2D eigenvalue weighted by Crippen LogP contribution is -2.07. The van der Waals surface area contributed by atoms with Crippen molar-refractivity contribution in [3.63, 3.8) is 0 Å². The van der Waals surface area contributed by atoms with Gasteiger partial charge in [0.2, 0.25) is 5.13 Å². The molecule has 4 nitrogen and oxygen atoms in total. The molecule has 0 spiro atoms. The van der Waals surface area contributed by atoms with Gasteiger partial charge in [0.1, 0.15) is 5.69 Å². The van der Waals surface area contributed by atoms with Crippen LogP contribution in [0.2, 0.25) is 0 Å². The summed E-state index contributed by atoms with van der Waals surface area (Å²) in [6, 6.07) is 3.86. The highest BCUT2D eigenvalue weighted by Gasteiger charge is 2.08. The Morgan fingerprint density at radius 2 is 2.07 bits per heavy atom. The van der Waals surface area contributed by atoms with Crippen LogP contribution in [-0.2, 0) is 0 Å². The van der Waals surface area contributed by atoms with E-state index in [0.717, 1.165) is 20.3 Å². The van der Waals surface area contributed by atoms with Crippen molar-refractivity contribution >= 4 is 32.4 Å². The van der Waals surface area contributed by atoms with Crippen LogP contribution in [0.25, 0.3) is 10.7 Å². The molecule has 0 unspecified atom stereocenters. The normalized spacial score (nSPS) is 10.3. The first-order chi connectivity index (χ1) is 7.16. The number of aromatic nitrogens is 3. The molecular weight excluding hydrogens is 276 g/mol. The van der Waals surface area contributed by atoms with Crippen molar-refractivity contribution in [3.05, 3.63) is 22.8 Å². The molecule has 6 heteroatoms. The lowest BCUT2D eigenvalue weighted by atomic mass is 10.4. The zero-order valence-corrected chi connectivity index (χ0v) is 10.7. The average molecular weight is 285 g/mol. The number of hydrogen-bond acceptors (Lipinski definition) is 5. The number of nitrogens with zero attached hydrogens (tertiary/aromatic N) is 4. The summed E-state index contributed by atoms with van der Waals surface area (Å²) >= 11 is 4.87. The summed E-state index contributed by atoms with van der Waals surface area (Å²) in [5.74, 6) is 0. The zero-order chi connectivity index (χ0) is 10.8. The molecule has 0 radical (unpaired) electrons. The molecule has 0 aliphatic heterocycles. The molecule has 0 aromatic carbocycles. The lowest BCUT2D eigenvalue weighted by molar-refractivity contribution is 1.02. The maximum atomic E-state index is 4.26. The fraction of sp³-hybridized carbons (Fsp3) is 0.222. The molecule has 0 aliphatic rings. The number of anilines is 1. The first kappa shape index (κ1) is 10.5. The monoisotopic (exact) mass is 284 g/mol. The van der Waals surface area contributed by atoms with Crippen molar-refractivity contribution in [2.24, 2.45) is 0 Å². The molecule has 78 valence electrons. The highest BCUT2D eigenvalue weighted by atomic mass is 79.9. The Balaban J connectivity index is 2.33. The van der Waals surface area contributed by atoms with Gasteiger partial charge < -0.3 is 4.90 Å². The molecule has 0 amide bonds. The topological polar surface area (TPSA) is 41.9 Å². The van der Waals surface area contributed by atoms with Crippen LogP contribution in [0.5, 0.6) is 0 Å². The van der Waals surface area contributed by atoms with E-state index in [0.29, 0.717) is 0 Å². The van der Waals surface area contributed by atoms with E-state index < -0.39 is 0 Å². The highest BCUT2D eigenvalue weighted by Crippen LogP contribution is 2.26. The van der Waals surface area contributed by atoms with Gasteiger partial charge in [0.25, 0.3) is 0 Å². The maximum absolute atomic E-state index is 4.26. The van der Waals surface area contributed by atoms with E-state index in [2.05, 4.69) is 31.1 Å². The smallest absolute Gasteiger partial charge is 0.208 e. The third-order valence-electron chi connectivity index (χ3n) is 1.74. The molecule has 15 heavy (non-hydrogen) atoms. The molecule has 0 aliphatic carbocycles. The predicted molar refractivity (Wildman–Crippen MR) is 65.2 cm³/mol. The Bertz CT molecular complexity index is 451. The highest BCUT2D eigenvalue weighted by molar-refractivity contribution is 9.10. The fourth-order valence-corrected chi connectivity index (χ4v) is 1.98. The zero-order valence-electron chi connectivity index (χ0n) is 8.31. The van der Waals surface area contributed by atoms with Crippen molar-refractivity contribution in [3.8, 4) is 10.7 Å².